The Hall–Kier alpha value is -2.30. The number of amides is 1. The van der Waals surface area contributed by atoms with Gasteiger partial charge in [0.1, 0.15) is 5.58 Å². The first-order chi connectivity index (χ1) is 11.1. The van der Waals surface area contributed by atoms with E-state index in [2.05, 4.69) is 0 Å². The number of hydrogen-bond acceptors (Lipinski definition) is 3. The summed E-state index contributed by atoms with van der Waals surface area (Å²) in [5, 5.41) is 9.79. The van der Waals surface area contributed by atoms with Gasteiger partial charge in [-0.2, -0.15) is 0 Å². The zero-order valence-electron chi connectivity index (χ0n) is 13.2. The predicted octanol–water partition coefficient (Wildman–Crippen LogP) is 3.46. The number of carbonyl (C=O) groups excluding carboxylic acids is 1. The van der Waals surface area contributed by atoms with Crippen molar-refractivity contribution >= 4 is 22.8 Å². The average Bonchev–Trinajstić information content (AvgIpc) is 2.90. The molecule has 1 aromatic carbocycles. The van der Waals surface area contributed by atoms with Gasteiger partial charge in [-0.05, 0) is 38.2 Å². The normalized spacial score (nSPS) is 18.3. The minimum Gasteiger partial charge on any atom is -0.481 e. The molecular weight excluding hydrogens is 294 g/mol. The number of carboxylic acids is 1. The fourth-order valence-corrected chi connectivity index (χ4v) is 3.33. The fraction of sp³-hybridized carbons (Fsp3) is 0.444. The summed E-state index contributed by atoms with van der Waals surface area (Å²) in [4.78, 5) is 25.3. The molecule has 1 saturated heterocycles. The first-order valence-corrected chi connectivity index (χ1v) is 8.05. The number of aliphatic carboxylic acids is 1. The van der Waals surface area contributed by atoms with E-state index < -0.39 is 5.97 Å². The van der Waals surface area contributed by atoms with E-state index in [1.807, 2.05) is 31.2 Å². The molecule has 1 fully saturated rings. The second-order valence-electron chi connectivity index (χ2n) is 6.24. The van der Waals surface area contributed by atoms with Gasteiger partial charge >= 0.3 is 5.97 Å². The van der Waals surface area contributed by atoms with Crippen LogP contribution in [-0.2, 0) is 4.79 Å². The zero-order valence-corrected chi connectivity index (χ0v) is 13.2. The molecule has 0 saturated carbocycles. The molecule has 2 heterocycles. The van der Waals surface area contributed by atoms with Crippen molar-refractivity contribution in [1.29, 1.82) is 0 Å². The third kappa shape index (κ3) is 3.23. The van der Waals surface area contributed by atoms with Crippen LogP contribution in [0.1, 0.15) is 41.8 Å². The maximum atomic E-state index is 12.8. The lowest BCUT2D eigenvalue weighted by molar-refractivity contribution is -0.137. The number of carbonyl (C=O) groups is 2. The number of aryl methyl sites for hydroxylation is 1. The maximum absolute atomic E-state index is 12.8. The number of likely N-dealkylation sites (tertiary alicyclic amines) is 1. The van der Waals surface area contributed by atoms with Crippen molar-refractivity contribution in [3.8, 4) is 0 Å². The van der Waals surface area contributed by atoms with Crippen LogP contribution < -0.4 is 0 Å². The largest absolute Gasteiger partial charge is 0.481 e. The van der Waals surface area contributed by atoms with E-state index in [1.165, 1.54) is 0 Å². The average molecular weight is 315 g/mol. The van der Waals surface area contributed by atoms with Crippen LogP contribution in [0.25, 0.3) is 11.0 Å². The smallest absolute Gasteiger partial charge is 0.303 e. The molecule has 2 aromatic rings. The van der Waals surface area contributed by atoms with Gasteiger partial charge in [-0.15, -0.1) is 0 Å². The third-order valence-corrected chi connectivity index (χ3v) is 4.61. The van der Waals surface area contributed by atoms with Crippen LogP contribution in [0.15, 0.2) is 28.7 Å². The van der Waals surface area contributed by atoms with Crippen LogP contribution in [0.4, 0.5) is 0 Å². The monoisotopic (exact) mass is 315 g/mol. The molecule has 23 heavy (non-hydrogen) atoms. The van der Waals surface area contributed by atoms with E-state index in [0.29, 0.717) is 25.3 Å². The number of benzene rings is 1. The summed E-state index contributed by atoms with van der Waals surface area (Å²) in [6.45, 7) is 3.23. The van der Waals surface area contributed by atoms with Crippen LogP contribution in [0.2, 0.25) is 0 Å². The van der Waals surface area contributed by atoms with E-state index in [9.17, 15) is 9.59 Å². The van der Waals surface area contributed by atoms with Crippen LogP contribution in [0.3, 0.4) is 0 Å². The minimum absolute atomic E-state index is 0.0845. The van der Waals surface area contributed by atoms with Crippen LogP contribution in [0.5, 0.6) is 0 Å². The molecule has 1 atom stereocenters. The predicted molar refractivity (Wildman–Crippen MR) is 86.4 cm³/mol. The Balaban J connectivity index is 1.76. The van der Waals surface area contributed by atoms with Crippen molar-refractivity contribution in [2.24, 2.45) is 5.92 Å². The van der Waals surface area contributed by atoms with Crippen molar-refractivity contribution in [1.82, 2.24) is 4.90 Å². The number of para-hydroxylation sites is 1. The molecule has 0 unspecified atom stereocenters. The number of piperidine rings is 1. The summed E-state index contributed by atoms with van der Waals surface area (Å²) < 4.78 is 5.76. The van der Waals surface area contributed by atoms with E-state index in [-0.39, 0.29) is 18.2 Å². The highest BCUT2D eigenvalue weighted by Gasteiger charge is 2.28. The number of furan rings is 1. The molecule has 1 N–H and O–H groups in total. The molecule has 1 aliphatic heterocycles. The van der Waals surface area contributed by atoms with Gasteiger partial charge in [0.15, 0.2) is 5.76 Å². The zero-order chi connectivity index (χ0) is 16.4. The summed E-state index contributed by atoms with van der Waals surface area (Å²) in [6.07, 6.45) is 2.68. The molecule has 0 bridgehead atoms. The Morgan fingerprint density at radius 2 is 2.13 bits per heavy atom. The van der Waals surface area contributed by atoms with E-state index in [1.54, 1.807) is 4.90 Å². The number of hydrogen-bond donors (Lipinski definition) is 1. The van der Waals surface area contributed by atoms with Gasteiger partial charge in [0.2, 0.25) is 0 Å². The summed E-state index contributed by atoms with van der Waals surface area (Å²) in [5.41, 5.74) is 1.60. The Morgan fingerprint density at radius 1 is 1.35 bits per heavy atom. The first kappa shape index (κ1) is 15.6. The number of rotatable bonds is 4. The molecule has 0 aliphatic carbocycles. The van der Waals surface area contributed by atoms with Gasteiger partial charge < -0.3 is 14.4 Å². The summed E-state index contributed by atoms with van der Waals surface area (Å²) >= 11 is 0. The first-order valence-electron chi connectivity index (χ1n) is 8.05. The van der Waals surface area contributed by atoms with Gasteiger partial charge in [-0.3, -0.25) is 9.59 Å². The van der Waals surface area contributed by atoms with E-state index in [0.717, 1.165) is 29.4 Å². The lowest BCUT2D eigenvalue weighted by Gasteiger charge is -2.32. The molecule has 5 nitrogen and oxygen atoms in total. The molecule has 3 rings (SSSR count). The highest BCUT2D eigenvalue weighted by atomic mass is 16.4. The van der Waals surface area contributed by atoms with Gasteiger partial charge in [-0.1, -0.05) is 18.2 Å². The van der Waals surface area contributed by atoms with Crippen molar-refractivity contribution < 1.29 is 19.1 Å². The van der Waals surface area contributed by atoms with Crippen molar-refractivity contribution in [3.05, 3.63) is 35.6 Å². The second-order valence-corrected chi connectivity index (χ2v) is 6.24. The highest BCUT2D eigenvalue weighted by molar-refractivity contribution is 5.98. The van der Waals surface area contributed by atoms with Gasteiger partial charge in [0.25, 0.3) is 5.91 Å². The summed E-state index contributed by atoms with van der Waals surface area (Å²) in [5.74, 6) is -0.195. The number of fused-ring (bicyclic) bond motifs is 1. The Labute approximate surface area is 134 Å². The van der Waals surface area contributed by atoms with Crippen molar-refractivity contribution in [2.75, 3.05) is 13.1 Å². The molecular formula is C18H21NO4. The van der Waals surface area contributed by atoms with Crippen LogP contribution in [0, 0.1) is 12.8 Å². The Kier molecular flexibility index (Phi) is 4.37. The van der Waals surface area contributed by atoms with Gasteiger partial charge in [-0.25, -0.2) is 0 Å². The minimum atomic E-state index is -0.776. The quantitative estimate of drug-likeness (QED) is 0.938. The van der Waals surface area contributed by atoms with Crippen molar-refractivity contribution in [3.63, 3.8) is 0 Å². The van der Waals surface area contributed by atoms with Crippen LogP contribution >= 0.6 is 0 Å². The standard InChI is InChI=1S/C18H21NO4/c1-12-14-6-2-3-7-15(14)23-17(12)18(22)19-10-4-5-13(11-19)8-9-16(20)21/h2-3,6-7,13H,4-5,8-11H2,1H3,(H,20,21)/t13-/m1/s1. The topological polar surface area (TPSA) is 70.8 Å². The maximum Gasteiger partial charge on any atom is 0.303 e. The molecule has 1 aliphatic rings. The molecule has 1 aromatic heterocycles. The lowest BCUT2D eigenvalue weighted by Crippen LogP contribution is -2.40. The third-order valence-electron chi connectivity index (χ3n) is 4.61. The second kappa shape index (κ2) is 6.44. The highest BCUT2D eigenvalue weighted by Crippen LogP contribution is 2.28. The molecule has 0 radical (unpaired) electrons. The molecule has 1 amide bonds. The SMILES string of the molecule is Cc1c(C(=O)N2CCC[C@H](CCC(=O)O)C2)oc2ccccc12. The number of carboxylic acid groups (broad SMARTS) is 1. The van der Waals surface area contributed by atoms with Gasteiger partial charge in [0.05, 0.1) is 0 Å². The molecule has 0 spiro atoms. The summed E-state index contributed by atoms with van der Waals surface area (Å²) in [7, 11) is 0. The van der Waals surface area contributed by atoms with Crippen molar-refractivity contribution in [2.45, 2.75) is 32.6 Å². The lowest BCUT2D eigenvalue weighted by atomic mass is 9.93. The number of nitrogens with zero attached hydrogens (tertiary/aromatic N) is 1. The van der Waals surface area contributed by atoms with Gasteiger partial charge in [0, 0.05) is 30.5 Å². The summed E-state index contributed by atoms with van der Waals surface area (Å²) in [6, 6.07) is 7.64. The Morgan fingerprint density at radius 3 is 2.87 bits per heavy atom. The molecule has 122 valence electrons. The van der Waals surface area contributed by atoms with Crippen LogP contribution in [-0.4, -0.2) is 35.0 Å². The van der Waals surface area contributed by atoms with E-state index in [4.69, 9.17) is 9.52 Å². The Bertz CT molecular complexity index is 734. The van der Waals surface area contributed by atoms with E-state index >= 15 is 0 Å². The fourth-order valence-electron chi connectivity index (χ4n) is 3.33. The molecule has 5 heteroatoms.